The molecule has 37 heavy (non-hydrogen) atoms. The summed E-state index contributed by atoms with van der Waals surface area (Å²) in [6.45, 7) is 13.1. The normalized spacial score (nSPS) is 17.2. The van der Waals surface area contributed by atoms with E-state index >= 15 is 0 Å². The van der Waals surface area contributed by atoms with Crippen LogP contribution in [0.1, 0.15) is 50.4 Å². The second kappa shape index (κ2) is 12.1. The fourth-order valence-electron chi connectivity index (χ4n) is 4.48. The van der Waals surface area contributed by atoms with Crippen LogP contribution in [0.2, 0.25) is 0 Å². The van der Waals surface area contributed by atoms with Gasteiger partial charge < -0.3 is 29.5 Å². The van der Waals surface area contributed by atoms with Crippen molar-refractivity contribution >= 4 is 17.4 Å². The molecule has 2 N–H and O–H groups in total. The number of likely N-dealkylation sites (N-methyl/N-ethyl adjacent to an activating group) is 1. The average Bonchev–Trinajstić information content (AvgIpc) is 3.13. The van der Waals surface area contributed by atoms with E-state index < -0.39 is 17.7 Å². The van der Waals surface area contributed by atoms with Crippen molar-refractivity contribution in [3.05, 3.63) is 58.7 Å². The molecule has 8 nitrogen and oxygen atoms in total. The third-order valence-electron chi connectivity index (χ3n) is 6.63. The van der Waals surface area contributed by atoms with Crippen molar-refractivity contribution in [3.8, 4) is 17.2 Å². The first-order valence-corrected chi connectivity index (χ1v) is 12.7. The number of aliphatic hydroxyl groups excluding tert-OH is 1. The molecule has 1 aliphatic rings. The molecule has 0 bridgehead atoms. The van der Waals surface area contributed by atoms with Crippen molar-refractivity contribution in [2.24, 2.45) is 5.92 Å². The van der Waals surface area contributed by atoms with Crippen molar-refractivity contribution in [2.45, 2.75) is 40.7 Å². The number of benzene rings is 2. The Labute approximate surface area is 219 Å². The van der Waals surface area contributed by atoms with E-state index in [0.717, 1.165) is 18.7 Å². The molecule has 0 aromatic heterocycles. The van der Waals surface area contributed by atoms with Gasteiger partial charge in [-0.2, -0.15) is 0 Å². The zero-order valence-corrected chi connectivity index (χ0v) is 22.6. The van der Waals surface area contributed by atoms with Crippen molar-refractivity contribution in [3.63, 3.8) is 0 Å². The summed E-state index contributed by atoms with van der Waals surface area (Å²) < 4.78 is 11.1. The van der Waals surface area contributed by atoms with Crippen molar-refractivity contribution in [1.82, 2.24) is 9.80 Å². The van der Waals surface area contributed by atoms with Gasteiger partial charge in [0, 0.05) is 18.7 Å². The lowest BCUT2D eigenvalue weighted by molar-refractivity contribution is -0.140. The number of methoxy groups -OCH3 is 1. The molecule has 1 amide bonds. The van der Waals surface area contributed by atoms with Crippen molar-refractivity contribution in [2.75, 3.05) is 39.9 Å². The summed E-state index contributed by atoms with van der Waals surface area (Å²) in [7, 11) is 1.43. The minimum Gasteiger partial charge on any atom is -0.507 e. The summed E-state index contributed by atoms with van der Waals surface area (Å²) >= 11 is 0. The number of rotatable bonds is 11. The Hall–Kier alpha value is -3.52. The van der Waals surface area contributed by atoms with E-state index in [1.807, 2.05) is 20.8 Å². The number of aryl methyl sites for hydroxylation is 1. The first-order chi connectivity index (χ1) is 17.6. The minimum atomic E-state index is -0.831. The quantitative estimate of drug-likeness (QED) is 0.261. The molecule has 200 valence electrons. The number of amides is 1. The summed E-state index contributed by atoms with van der Waals surface area (Å²) in [5.41, 5.74) is 1.80. The van der Waals surface area contributed by atoms with Gasteiger partial charge in [0.05, 0.1) is 25.3 Å². The highest BCUT2D eigenvalue weighted by atomic mass is 16.5. The van der Waals surface area contributed by atoms with Gasteiger partial charge in [-0.15, -0.1) is 0 Å². The molecule has 1 fully saturated rings. The molecule has 0 spiro atoms. The molecular weight excluding hydrogens is 472 g/mol. The highest BCUT2D eigenvalue weighted by molar-refractivity contribution is 6.46. The molecule has 0 unspecified atom stereocenters. The fourth-order valence-corrected chi connectivity index (χ4v) is 4.48. The average molecular weight is 511 g/mol. The van der Waals surface area contributed by atoms with Gasteiger partial charge in [0.15, 0.2) is 11.5 Å². The molecular formula is C29H38N2O6. The summed E-state index contributed by atoms with van der Waals surface area (Å²) in [6.07, 6.45) is 0. The molecule has 1 atom stereocenters. The SMILES string of the molecule is CCN(CC)CCN1C(=O)C(=O)C(=C(O)c2ccc(OCC(C)C)c(C)c2)[C@H]1c1ccc(O)c(OC)c1. The van der Waals surface area contributed by atoms with Crippen LogP contribution in [0.15, 0.2) is 42.0 Å². The van der Waals surface area contributed by atoms with Gasteiger partial charge in [0.2, 0.25) is 0 Å². The number of ketones is 1. The van der Waals surface area contributed by atoms with E-state index in [1.54, 1.807) is 30.3 Å². The maximum atomic E-state index is 13.3. The van der Waals surface area contributed by atoms with Gasteiger partial charge in [-0.1, -0.05) is 33.8 Å². The van der Waals surface area contributed by atoms with E-state index in [4.69, 9.17) is 9.47 Å². The van der Waals surface area contributed by atoms with Crippen LogP contribution in [-0.4, -0.2) is 71.6 Å². The van der Waals surface area contributed by atoms with E-state index in [9.17, 15) is 19.8 Å². The smallest absolute Gasteiger partial charge is 0.295 e. The first kappa shape index (κ1) is 28.1. The number of phenols is 1. The van der Waals surface area contributed by atoms with Gasteiger partial charge in [-0.05, 0) is 67.4 Å². The number of carbonyl (C=O) groups is 2. The van der Waals surface area contributed by atoms with Crippen LogP contribution in [0.5, 0.6) is 17.2 Å². The molecule has 2 aromatic carbocycles. The van der Waals surface area contributed by atoms with Crippen LogP contribution in [0.25, 0.3) is 5.76 Å². The zero-order chi connectivity index (χ0) is 27.3. The Balaban J connectivity index is 2.10. The lowest BCUT2D eigenvalue weighted by Gasteiger charge is -2.28. The van der Waals surface area contributed by atoms with Crippen LogP contribution in [0.3, 0.4) is 0 Å². The molecule has 0 aliphatic carbocycles. The third-order valence-corrected chi connectivity index (χ3v) is 6.63. The number of ether oxygens (including phenoxy) is 2. The Morgan fingerprint density at radius 3 is 2.38 bits per heavy atom. The predicted octanol–water partition coefficient (Wildman–Crippen LogP) is 4.51. The van der Waals surface area contributed by atoms with Gasteiger partial charge >= 0.3 is 0 Å². The van der Waals surface area contributed by atoms with E-state index in [2.05, 4.69) is 18.7 Å². The number of hydrogen-bond donors (Lipinski definition) is 2. The van der Waals surface area contributed by atoms with Gasteiger partial charge in [-0.3, -0.25) is 9.59 Å². The number of aliphatic hydroxyl groups is 1. The first-order valence-electron chi connectivity index (χ1n) is 12.7. The highest BCUT2D eigenvalue weighted by Crippen LogP contribution is 2.42. The third kappa shape index (κ3) is 6.07. The molecule has 0 radical (unpaired) electrons. The number of hydrogen-bond acceptors (Lipinski definition) is 7. The molecule has 3 rings (SSSR count). The van der Waals surface area contributed by atoms with Crippen molar-refractivity contribution in [1.29, 1.82) is 0 Å². The molecule has 2 aromatic rings. The number of likely N-dealkylation sites (tertiary alicyclic amines) is 1. The second-order valence-electron chi connectivity index (χ2n) is 9.64. The molecule has 1 saturated heterocycles. The molecule has 1 aliphatic heterocycles. The predicted molar refractivity (Wildman–Crippen MR) is 143 cm³/mol. The molecule has 8 heteroatoms. The van der Waals surface area contributed by atoms with Crippen LogP contribution in [0, 0.1) is 12.8 Å². The Morgan fingerprint density at radius 1 is 1.08 bits per heavy atom. The highest BCUT2D eigenvalue weighted by Gasteiger charge is 2.46. The maximum absolute atomic E-state index is 13.3. The van der Waals surface area contributed by atoms with Crippen LogP contribution >= 0.6 is 0 Å². The number of aromatic hydroxyl groups is 1. The minimum absolute atomic E-state index is 0.00698. The summed E-state index contributed by atoms with van der Waals surface area (Å²) in [6, 6.07) is 9.07. The summed E-state index contributed by atoms with van der Waals surface area (Å²) in [4.78, 5) is 30.2. The number of nitrogens with zero attached hydrogens (tertiary/aromatic N) is 2. The van der Waals surface area contributed by atoms with E-state index in [0.29, 0.717) is 42.5 Å². The monoisotopic (exact) mass is 510 g/mol. The number of carbonyl (C=O) groups excluding carboxylic acids is 2. The van der Waals surface area contributed by atoms with Crippen molar-refractivity contribution < 1.29 is 29.3 Å². The van der Waals surface area contributed by atoms with Crippen LogP contribution in [-0.2, 0) is 9.59 Å². The number of Topliss-reactive ketones (excluding diaryl/α,β-unsaturated/α-hetero) is 1. The number of phenolic OH excluding ortho intramolecular Hbond substituents is 1. The second-order valence-corrected chi connectivity index (χ2v) is 9.64. The lowest BCUT2D eigenvalue weighted by Crippen LogP contribution is -2.38. The standard InChI is InChI=1S/C29H38N2O6/c1-7-30(8-2)13-14-31-26(20-9-11-22(32)24(16-20)36-6)25(28(34)29(31)35)27(33)21-10-12-23(19(5)15-21)37-17-18(3)4/h9-12,15-16,18,26,32-33H,7-8,13-14,17H2,1-6H3/t26-/m1/s1. The van der Waals surface area contributed by atoms with Crippen LogP contribution < -0.4 is 9.47 Å². The maximum Gasteiger partial charge on any atom is 0.295 e. The topological polar surface area (TPSA) is 99.5 Å². The summed E-state index contributed by atoms with van der Waals surface area (Å²) in [5.74, 6) is -0.439. The molecule has 1 heterocycles. The Bertz CT molecular complexity index is 1170. The summed E-state index contributed by atoms with van der Waals surface area (Å²) in [5, 5.41) is 21.5. The largest absolute Gasteiger partial charge is 0.507 e. The Kier molecular flexibility index (Phi) is 9.21. The van der Waals surface area contributed by atoms with Gasteiger partial charge in [-0.25, -0.2) is 0 Å². The Morgan fingerprint density at radius 2 is 1.78 bits per heavy atom. The van der Waals surface area contributed by atoms with Gasteiger partial charge in [0.1, 0.15) is 11.5 Å². The molecule has 0 saturated carbocycles. The fraction of sp³-hybridized carbons (Fsp3) is 0.448. The zero-order valence-electron chi connectivity index (χ0n) is 22.6. The van der Waals surface area contributed by atoms with Gasteiger partial charge in [0.25, 0.3) is 11.7 Å². The van der Waals surface area contributed by atoms with E-state index in [-0.39, 0.29) is 22.8 Å². The van der Waals surface area contributed by atoms with E-state index in [1.165, 1.54) is 18.1 Å². The lowest BCUT2D eigenvalue weighted by atomic mass is 9.94. The van der Waals surface area contributed by atoms with Crippen LogP contribution in [0.4, 0.5) is 0 Å².